The number of allylic oxidation sites excluding steroid dienone is 1. The number of para-hydroxylation sites is 4. The second kappa shape index (κ2) is 12.7. The summed E-state index contributed by atoms with van der Waals surface area (Å²) in [7, 11) is 0. The van der Waals surface area contributed by atoms with Gasteiger partial charge in [-0.2, -0.15) is 0 Å². The lowest BCUT2D eigenvalue weighted by molar-refractivity contribution is 0.969. The zero-order valence-corrected chi connectivity index (χ0v) is 31.7. The van der Waals surface area contributed by atoms with E-state index < -0.39 is 0 Å². The van der Waals surface area contributed by atoms with Crippen molar-refractivity contribution in [3.8, 4) is 28.3 Å². The topological polar surface area (TPSA) is 50.6 Å². The number of aromatic amines is 1. The van der Waals surface area contributed by atoms with Crippen LogP contribution in [0.2, 0.25) is 0 Å². The largest absolute Gasteiger partial charge is 0.355 e. The number of aromatic nitrogens is 4. The molecule has 5 aromatic heterocycles. The predicted octanol–water partition coefficient (Wildman–Crippen LogP) is 13.9. The molecule has 6 heteroatoms. The second-order valence-corrected chi connectivity index (χ2v) is 16.0. The zero-order valence-electron chi connectivity index (χ0n) is 30.9. The van der Waals surface area contributed by atoms with Gasteiger partial charge in [-0.3, -0.25) is 4.57 Å². The van der Waals surface area contributed by atoms with Crippen molar-refractivity contribution >= 4 is 88.3 Å². The fraction of sp³-hybridized carbons (Fsp3) is 0.0392. The molecule has 0 atom stereocenters. The van der Waals surface area contributed by atoms with Crippen LogP contribution in [0.15, 0.2) is 170 Å². The number of hydrogen-bond donors (Lipinski definition) is 2. The molecule has 0 unspecified atom stereocenters. The van der Waals surface area contributed by atoms with E-state index in [1.807, 2.05) is 11.3 Å². The van der Waals surface area contributed by atoms with Crippen molar-refractivity contribution in [1.82, 2.24) is 19.1 Å². The Hall–Kier alpha value is -7.15. The van der Waals surface area contributed by atoms with Gasteiger partial charge in [0.25, 0.3) is 0 Å². The number of rotatable bonds is 6. The van der Waals surface area contributed by atoms with Gasteiger partial charge in [0.2, 0.25) is 0 Å². The lowest BCUT2D eigenvalue weighted by Gasteiger charge is -2.17. The van der Waals surface area contributed by atoms with Crippen LogP contribution in [0.5, 0.6) is 0 Å². The monoisotopic (exact) mass is 749 g/mol. The van der Waals surface area contributed by atoms with Crippen molar-refractivity contribution in [3.05, 3.63) is 180 Å². The number of pyridine rings is 1. The van der Waals surface area contributed by atoms with E-state index in [9.17, 15) is 0 Å². The number of nitrogens with zero attached hydrogens (tertiary/aromatic N) is 3. The lowest BCUT2D eigenvalue weighted by atomic mass is 9.99. The first kappa shape index (κ1) is 32.1. The maximum atomic E-state index is 5.27. The number of anilines is 2. The van der Waals surface area contributed by atoms with Gasteiger partial charge in [0.05, 0.1) is 27.8 Å². The molecule has 0 radical (unpaired) electrons. The van der Waals surface area contributed by atoms with Gasteiger partial charge in [-0.25, -0.2) is 4.98 Å². The van der Waals surface area contributed by atoms with E-state index in [2.05, 4.69) is 195 Å². The van der Waals surface area contributed by atoms with Gasteiger partial charge in [-0.05, 0) is 85.1 Å². The van der Waals surface area contributed by atoms with Crippen molar-refractivity contribution < 1.29 is 0 Å². The van der Waals surface area contributed by atoms with E-state index in [0.717, 1.165) is 63.6 Å². The van der Waals surface area contributed by atoms with Crippen LogP contribution >= 0.6 is 11.3 Å². The predicted molar refractivity (Wildman–Crippen MR) is 241 cm³/mol. The molecule has 1 aliphatic carbocycles. The van der Waals surface area contributed by atoms with Gasteiger partial charge in [0.15, 0.2) is 0 Å². The minimum Gasteiger partial charge on any atom is -0.355 e. The number of benzene rings is 6. The Balaban J connectivity index is 1.00. The normalized spacial score (nSPS) is 12.9. The van der Waals surface area contributed by atoms with Crippen molar-refractivity contribution in [2.45, 2.75) is 12.8 Å². The Morgan fingerprint density at radius 1 is 0.596 bits per heavy atom. The highest BCUT2D eigenvalue weighted by atomic mass is 32.1. The number of hydrogen-bond acceptors (Lipinski definition) is 3. The molecule has 0 saturated carbocycles. The van der Waals surface area contributed by atoms with Crippen molar-refractivity contribution in [1.29, 1.82) is 0 Å². The summed E-state index contributed by atoms with van der Waals surface area (Å²) in [5, 5.41) is 8.73. The average Bonchev–Trinajstić information content (AvgIpc) is 4.03. The molecule has 2 N–H and O–H groups in total. The van der Waals surface area contributed by atoms with Crippen LogP contribution in [0.4, 0.5) is 11.4 Å². The quantitative estimate of drug-likeness (QED) is 0.178. The van der Waals surface area contributed by atoms with Gasteiger partial charge in [0.1, 0.15) is 5.82 Å². The number of aryl methyl sites for hydroxylation is 1. The first-order chi connectivity index (χ1) is 28.2. The van der Waals surface area contributed by atoms with Crippen LogP contribution < -0.4 is 5.32 Å². The Labute approximate surface area is 332 Å². The highest BCUT2D eigenvalue weighted by molar-refractivity contribution is 7.19. The highest BCUT2D eigenvalue weighted by Gasteiger charge is 2.25. The smallest absolute Gasteiger partial charge is 0.138 e. The minimum absolute atomic E-state index is 0.917. The van der Waals surface area contributed by atoms with E-state index >= 15 is 0 Å². The summed E-state index contributed by atoms with van der Waals surface area (Å²) >= 11 is 1.93. The summed E-state index contributed by atoms with van der Waals surface area (Å²) in [5.41, 5.74) is 15.0. The molecule has 0 spiro atoms. The number of thiophene rings is 1. The van der Waals surface area contributed by atoms with Crippen LogP contribution in [-0.2, 0) is 6.42 Å². The minimum atomic E-state index is 0.917. The zero-order chi connectivity index (χ0) is 37.5. The molecule has 0 saturated heterocycles. The Morgan fingerprint density at radius 2 is 1.33 bits per heavy atom. The second-order valence-electron chi connectivity index (χ2n) is 14.9. The number of nitrogens with one attached hydrogen (secondary N) is 2. The summed E-state index contributed by atoms with van der Waals surface area (Å²) in [5.74, 6) is 0.917. The first-order valence-corrected chi connectivity index (χ1v) is 20.3. The fourth-order valence-electron chi connectivity index (χ4n) is 8.99. The highest BCUT2D eigenvalue weighted by Crippen LogP contribution is 2.45. The molecule has 0 fully saturated rings. The lowest BCUT2D eigenvalue weighted by Crippen LogP contribution is -2.03. The van der Waals surface area contributed by atoms with Crippen LogP contribution in [0.1, 0.15) is 16.9 Å². The van der Waals surface area contributed by atoms with Crippen molar-refractivity contribution in [2.24, 2.45) is 0 Å². The Bertz CT molecular complexity index is 3350. The number of fused-ring (bicyclic) bond motifs is 9. The molecule has 5 nitrogen and oxygen atoms in total. The van der Waals surface area contributed by atoms with Crippen molar-refractivity contribution in [3.63, 3.8) is 0 Å². The average molecular weight is 750 g/mol. The van der Waals surface area contributed by atoms with E-state index in [0.29, 0.717) is 0 Å². The summed E-state index contributed by atoms with van der Waals surface area (Å²) in [6.45, 7) is 0. The molecule has 1 aliphatic rings. The third-order valence-corrected chi connectivity index (χ3v) is 12.8. The van der Waals surface area contributed by atoms with E-state index in [4.69, 9.17) is 4.98 Å². The van der Waals surface area contributed by atoms with Crippen LogP contribution in [0.25, 0.3) is 93.9 Å². The molecule has 12 rings (SSSR count). The fourth-order valence-corrected chi connectivity index (χ4v) is 10.2. The van der Waals surface area contributed by atoms with Crippen LogP contribution in [0, 0.1) is 0 Å². The SMILES string of the molecule is C1=C(n2c3ccccc3c3c2c2ccccc2n3-c2cccc(-c3ccccc3)n2)CCc2sc3ccc(Nc4ccccc4-c4cc5ccccc5[nH]4)cc3c21. The van der Waals surface area contributed by atoms with Crippen LogP contribution in [-0.4, -0.2) is 19.1 Å². The van der Waals surface area contributed by atoms with Gasteiger partial charge < -0.3 is 14.9 Å². The molecule has 6 aromatic carbocycles. The molecule has 0 amide bonds. The molecule has 57 heavy (non-hydrogen) atoms. The molecule has 0 bridgehead atoms. The van der Waals surface area contributed by atoms with Gasteiger partial charge in [-0.1, -0.05) is 109 Å². The van der Waals surface area contributed by atoms with Gasteiger partial charge in [-0.15, -0.1) is 11.3 Å². The summed E-state index contributed by atoms with van der Waals surface area (Å²) in [6.07, 6.45) is 4.42. The summed E-state index contributed by atoms with van der Waals surface area (Å²) in [6, 6.07) is 60.6. The van der Waals surface area contributed by atoms with Gasteiger partial charge in [0, 0.05) is 70.5 Å². The first-order valence-electron chi connectivity index (χ1n) is 19.5. The molecule has 5 heterocycles. The van der Waals surface area contributed by atoms with E-state index in [1.54, 1.807) is 0 Å². The standard InChI is InChI=1S/C51H35N5S/c1-2-13-32(14-3-1)41-21-12-24-49(54-41)56-46-23-11-7-18-38(46)50-51(56)37-17-6-10-22-45(37)55(50)35-26-28-48-40(31-35)39-30-34(25-27-47(39)57-48)52-43-20-9-5-16-36(43)44-29-33-15-4-8-19-42(33)53-44/h1-25,27,29-31,52-53H,26,28H2. The molecule has 11 aromatic rings. The Kier molecular flexibility index (Phi) is 7.16. The van der Waals surface area contributed by atoms with Crippen molar-refractivity contribution in [2.75, 3.05) is 5.32 Å². The van der Waals surface area contributed by atoms with E-state index in [1.165, 1.54) is 58.9 Å². The number of H-pyrrole nitrogens is 1. The summed E-state index contributed by atoms with van der Waals surface area (Å²) < 4.78 is 6.22. The third kappa shape index (κ3) is 5.11. The maximum absolute atomic E-state index is 5.27. The molecular formula is C51H35N5S. The maximum Gasteiger partial charge on any atom is 0.138 e. The Morgan fingerprint density at radius 3 is 2.19 bits per heavy atom. The van der Waals surface area contributed by atoms with Crippen LogP contribution in [0.3, 0.4) is 0 Å². The van der Waals surface area contributed by atoms with E-state index in [-0.39, 0.29) is 0 Å². The molecule has 0 aliphatic heterocycles. The molecule has 270 valence electrons. The third-order valence-electron chi connectivity index (χ3n) is 11.5. The summed E-state index contributed by atoms with van der Waals surface area (Å²) in [4.78, 5) is 10.3. The molecular weight excluding hydrogens is 715 g/mol. The van der Waals surface area contributed by atoms with Gasteiger partial charge >= 0.3 is 0 Å².